The SMILES string of the molecule is CC(C)C[C@H](NC(=O)[C@H](CCCN=C(N)N[N+](=O)[O-])CC(=O)Cc1cccc2ccccc12)B1O[C@@H]2C[C@H]3C[C@H](C3(C)C)[C@]2(C)O1. The van der Waals surface area contributed by atoms with Crippen molar-refractivity contribution in [2.45, 2.75) is 97.2 Å². The molecule has 6 rings (SSSR count). The number of Topliss-reactive ketones (excluding diaryl/α,β-unsaturated/α-hetero) is 1. The second kappa shape index (κ2) is 13.7. The van der Waals surface area contributed by atoms with E-state index in [4.69, 9.17) is 15.0 Å². The molecular weight excluding hydrogens is 585 g/mol. The first-order chi connectivity index (χ1) is 21.8. The molecule has 0 spiro atoms. The number of ketones is 1. The average molecular weight is 634 g/mol. The third kappa shape index (κ3) is 7.23. The molecule has 2 aromatic carbocycles. The smallest absolute Gasteiger partial charge is 0.404 e. The molecule has 2 aromatic rings. The number of nitro groups is 1. The minimum Gasteiger partial charge on any atom is -0.404 e. The molecule has 4 aliphatic rings. The zero-order valence-corrected chi connectivity index (χ0v) is 27.7. The summed E-state index contributed by atoms with van der Waals surface area (Å²) < 4.78 is 13.3. The quantitative estimate of drug-likeness (QED) is 0.0679. The fourth-order valence-electron chi connectivity index (χ4n) is 8.12. The number of aliphatic imine (C=N–C) groups is 1. The molecule has 46 heavy (non-hydrogen) atoms. The van der Waals surface area contributed by atoms with Crippen molar-refractivity contribution in [1.82, 2.24) is 10.7 Å². The number of benzene rings is 2. The Hall–Kier alpha value is -3.51. The molecule has 3 aliphatic carbocycles. The molecule has 4 N–H and O–H groups in total. The topological polar surface area (TPSA) is 158 Å². The fourth-order valence-corrected chi connectivity index (χ4v) is 8.12. The highest BCUT2D eigenvalue weighted by Crippen LogP contribution is 2.65. The van der Waals surface area contributed by atoms with E-state index in [-0.39, 0.29) is 60.4 Å². The van der Waals surface area contributed by atoms with Gasteiger partial charge in [-0.3, -0.25) is 9.59 Å². The van der Waals surface area contributed by atoms with Crippen molar-refractivity contribution in [3.05, 3.63) is 58.1 Å². The highest BCUT2D eigenvalue weighted by atomic mass is 16.7. The predicted octanol–water partition coefficient (Wildman–Crippen LogP) is 4.63. The highest BCUT2D eigenvalue weighted by Gasteiger charge is 2.68. The van der Waals surface area contributed by atoms with Gasteiger partial charge in [-0.25, -0.2) is 15.1 Å². The van der Waals surface area contributed by atoms with E-state index < -0.39 is 23.7 Å². The van der Waals surface area contributed by atoms with Crippen LogP contribution in [0, 0.1) is 39.2 Å². The minimum absolute atomic E-state index is 0.00463. The first-order valence-corrected chi connectivity index (χ1v) is 16.6. The molecule has 3 saturated carbocycles. The molecule has 1 saturated heterocycles. The summed E-state index contributed by atoms with van der Waals surface area (Å²) in [4.78, 5) is 42.2. The second-order valence-corrected chi connectivity index (χ2v) is 14.6. The molecule has 1 amide bonds. The van der Waals surface area contributed by atoms with Crippen molar-refractivity contribution in [1.29, 1.82) is 0 Å². The lowest BCUT2D eigenvalue weighted by molar-refractivity contribution is -0.525. The third-order valence-corrected chi connectivity index (χ3v) is 10.7. The number of nitrogens with zero attached hydrogens (tertiary/aromatic N) is 2. The molecule has 0 unspecified atom stereocenters. The van der Waals surface area contributed by atoms with E-state index in [1.807, 2.05) is 47.9 Å². The summed E-state index contributed by atoms with van der Waals surface area (Å²) in [5, 5.41) is 15.2. The summed E-state index contributed by atoms with van der Waals surface area (Å²) in [6.07, 6.45) is 3.81. The van der Waals surface area contributed by atoms with Crippen molar-refractivity contribution in [2.75, 3.05) is 6.54 Å². The first-order valence-electron chi connectivity index (χ1n) is 16.6. The molecule has 11 nitrogen and oxygen atoms in total. The van der Waals surface area contributed by atoms with Crippen LogP contribution in [0.25, 0.3) is 10.8 Å². The Bertz CT molecular complexity index is 1480. The first kappa shape index (κ1) is 33.8. The van der Waals surface area contributed by atoms with Crippen LogP contribution in [0.3, 0.4) is 0 Å². The van der Waals surface area contributed by atoms with Gasteiger partial charge < -0.3 is 20.4 Å². The van der Waals surface area contributed by atoms with Gasteiger partial charge in [0, 0.05) is 25.3 Å². The van der Waals surface area contributed by atoms with Gasteiger partial charge in [0.2, 0.25) is 5.91 Å². The van der Waals surface area contributed by atoms with E-state index in [0.29, 0.717) is 31.1 Å². The van der Waals surface area contributed by atoms with Gasteiger partial charge in [0.25, 0.3) is 5.96 Å². The van der Waals surface area contributed by atoms with Gasteiger partial charge in [-0.15, -0.1) is 0 Å². The molecule has 0 aromatic heterocycles. The number of nitrogens with one attached hydrogen (secondary N) is 2. The number of carbonyl (C=O) groups is 2. The van der Waals surface area contributed by atoms with Crippen LogP contribution in [0.2, 0.25) is 0 Å². The minimum atomic E-state index is -0.774. The summed E-state index contributed by atoms with van der Waals surface area (Å²) >= 11 is 0. The summed E-state index contributed by atoms with van der Waals surface area (Å²) in [7, 11) is -0.568. The Labute approximate surface area is 271 Å². The van der Waals surface area contributed by atoms with Crippen molar-refractivity contribution < 1.29 is 23.9 Å². The van der Waals surface area contributed by atoms with E-state index >= 15 is 0 Å². The molecule has 1 aliphatic heterocycles. The van der Waals surface area contributed by atoms with Gasteiger partial charge in [-0.1, -0.05) is 75.6 Å². The average Bonchev–Trinajstić information content (AvgIpc) is 3.35. The maximum absolute atomic E-state index is 14.0. The highest BCUT2D eigenvalue weighted by molar-refractivity contribution is 6.47. The van der Waals surface area contributed by atoms with Crippen LogP contribution in [0.4, 0.5) is 0 Å². The number of guanidine groups is 1. The number of fused-ring (bicyclic) bond motifs is 1. The van der Waals surface area contributed by atoms with Crippen LogP contribution in [0.5, 0.6) is 0 Å². The number of nitrogens with two attached hydrogens (primary N) is 1. The zero-order valence-electron chi connectivity index (χ0n) is 27.7. The van der Waals surface area contributed by atoms with Gasteiger partial charge >= 0.3 is 7.12 Å². The largest absolute Gasteiger partial charge is 0.481 e. The summed E-state index contributed by atoms with van der Waals surface area (Å²) in [5.74, 6) is -0.269. The standard InChI is InChI=1S/C34H48BN5O6/c1-21(2)16-30(35-45-29-20-25-19-28(33(25,3)4)34(29,5)46-35)38-31(42)24(13-9-15-37-32(36)39-40(43)44)18-26(41)17-23-12-8-11-22-10-6-7-14-27(22)23/h6-8,10-12,14,21,24-25,28-30H,9,13,15-20H2,1-5H3,(H,38,42)(H3,36,37,39)/t24-,25-,28-,29-,30+,34+/m1/s1. The van der Waals surface area contributed by atoms with Gasteiger partial charge in [0.1, 0.15) is 5.78 Å². The van der Waals surface area contributed by atoms with Crippen LogP contribution >= 0.6 is 0 Å². The Kier molecular flexibility index (Phi) is 10.1. The predicted molar refractivity (Wildman–Crippen MR) is 178 cm³/mol. The monoisotopic (exact) mass is 633 g/mol. The van der Waals surface area contributed by atoms with Crippen LogP contribution in [0.15, 0.2) is 47.5 Å². The normalized spacial score (nSPS) is 26.3. The number of amides is 1. The lowest BCUT2D eigenvalue weighted by atomic mass is 9.43. The molecule has 12 heteroatoms. The summed E-state index contributed by atoms with van der Waals surface area (Å²) in [6.45, 7) is 11.2. The van der Waals surface area contributed by atoms with E-state index in [2.05, 4.69) is 44.9 Å². The van der Waals surface area contributed by atoms with Crippen LogP contribution in [0.1, 0.15) is 78.7 Å². The van der Waals surface area contributed by atoms with Gasteiger partial charge in [-0.2, -0.15) is 0 Å². The molecule has 2 bridgehead atoms. The lowest BCUT2D eigenvalue weighted by Gasteiger charge is -2.64. The van der Waals surface area contributed by atoms with E-state index in [9.17, 15) is 19.7 Å². The number of hydrazine groups is 1. The van der Waals surface area contributed by atoms with Crippen molar-refractivity contribution in [3.63, 3.8) is 0 Å². The lowest BCUT2D eigenvalue weighted by Crippen LogP contribution is -2.65. The Morgan fingerprint density at radius 1 is 1.15 bits per heavy atom. The Morgan fingerprint density at radius 2 is 1.89 bits per heavy atom. The number of rotatable bonds is 14. The third-order valence-electron chi connectivity index (χ3n) is 10.7. The van der Waals surface area contributed by atoms with E-state index in [1.165, 1.54) is 0 Å². The molecule has 4 fully saturated rings. The fraction of sp³-hybridized carbons (Fsp3) is 0.618. The van der Waals surface area contributed by atoms with Crippen LogP contribution in [-0.4, -0.2) is 54.0 Å². The van der Waals surface area contributed by atoms with Crippen molar-refractivity contribution in [3.8, 4) is 0 Å². The molecule has 248 valence electrons. The van der Waals surface area contributed by atoms with Crippen LogP contribution < -0.4 is 16.5 Å². The van der Waals surface area contributed by atoms with E-state index in [1.54, 1.807) is 0 Å². The molecular formula is C34H48BN5O6. The zero-order chi connectivity index (χ0) is 33.2. The Balaban J connectivity index is 1.30. The number of hydrogen-bond donors (Lipinski definition) is 3. The molecule has 6 atom stereocenters. The van der Waals surface area contributed by atoms with Gasteiger partial charge in [0.15, 0.2) is 5.03 Å². The van der Waals surface area contributed by atoms with Crippen LogP contribution in [-0.2, 0) is 25.3 Å². The maximum atomic E-state index is 14.0. The molecule has 1 heterocycles. The van der Waals surface area contributed by atoms with E-state index in [0.717, 1.165) is 29.2 Å². The van der Waals surface area contributed by atoms with Gasteiger partial charge in [0.05, 0.1) is 17.6 Å². The van der Waals surface area contributed by atoms with Gasteiger partial charge in [-0.05, 0) is 78.5 Å². The van der Waals surface area contributed by atoms with Crippen molar-refractivity contribution in [2.24, 2.45) is 39.8 Å². The Morgan fingerprint density at radius 3 is 2.61 bits per heavy atom. The second-order valence-electron chi connectivity index (χ2n) is 14.6. The number of carbonyl (C=O) groups excluding carboxylic acids is 2. The summed E-state index contributed by atoms with van der Waals surface area (Å²) in [5.41, 5.74) is 8.13. The number of hydrogen-bond acceptors (Lipinski definition) is 7. The molecule has 0 radical (unpaired) electrons. The summed E-state index contributed by atoms with van der Waals surface area (Å²) in [6, 6.07) is 13.9. The van der Waals surface area contributed by atoms with Crippen molar-refractivity contribution >= 4 is 35.5 Å². The maximum Gasteiger partial charge on any atom is 0.481 e.